The van der Waals surface area contributed by atoms with Gasteiger partial charge < -0.3 is 12.0 Å². The molecule has 12 heavy (non-hydrogen) atoms. The molecule has 0 spiro atoms. The van der Waals surface area contributed by atoms with Gasteiger partial charge in [0.05, 0.1) is 0 Å². The molecule has 0 fully saturated rings. The van der Waals surface area contributed by atoms with E-state index in [0.29, 0.717) is 11.4 Å². The number of aliphatic hydroxyl groups excluding tert-OH is 1. The smallest absolute Gasteiger partial charge is 0.425 e. The van der Waals surface area contributed by atoms with E-state index in [1.54, 1.807) is 12.1 Å². The summed E-state index contributed by atoms with van der Waals surface area (Å²) in [7, 11) is 0. The molecule has 0 amide bonds. The molecule has 0 aromatic heterocycles. The molecule has 1 unspecified atom stereocenters. The molecule has 0 radical (unpaired) electrons. The second-order valence-electron chi connectivity index (χ2n) is 2.48. The van der Waals surface area contributed by atoms with Crippen molar-refractivity contribution in [2.75, 3.05) is 0 Å². The van der Waals surface area contributed by atoms with Crippen molar-refractivity contribution in [3.8, 4) is 0 Å². The van der Waals surface area contributed by atoms with Crippen molar-refractivity contribution >= 4 is 11.6 Å². The largest absolute Gasteiger partial charge is 3.00 e. The summed E-state index contributed by atoms with van der Waals surface area (Å²) in [5, 5.41) is 9.65. The molecule has 0 heterocycles. The molecule has 0 aliphatic carbocycles. The third-order valence-corrected chi connectivity index (χ3v) is 1.64. The molecule has 1 N–H and O–H groups in total. The van der Waals surface area contributed by atoms with Crippen molar-refractivity contribution in [1.82, 2.24) is 0 Å². The fourth-order valence-electron chi connectivity index (χ4n) is 0.893. The van der Waals surface area contributed by atoms with Crippen molar-refractivity contribution in [3.63, 3.8) is 0 Å². The van der Waals surface area contributed by atoms with Gasteiger partial charge in [-0.1, -0.05) is 29.8 Å². The Morgan fingerprint density at radius 2 is 1.83 bits per heavy atom. The Balaban J connectivity index is 0.00000121. The van der Waals surface area contributed by atoms with Gasteiger partial charge in [-0.25, -0.2) is 0 Å². The molecule has 0 saturated carbocycles. The van der Waals surface area contributed by atoms with Crippen molar-refractivity contribution in [2.45, 2.75) is 12.5 Å². The van der Waals surface area contributed by atoms with Gasteiger partial charge in [0, 0.05) is 5.02 Å². The molecule has 1 rings (SSSR count). The van der Waals surface area contributed by atoms with Gasteiger partial charge in [0.25, 0.3) is 0 Å². The van der Waals surface area contributed by atoms with E-state index in [1.807, 2.05) is 12.1 Å². The average molecular weight is 259 g/mol. The molecule has 3 heteroatoms. The van der Waals surface area contributed by atoms with Crippen LogP contribution in [0.25, 0.3) is 0 Å². The number of rotatable bonds is 2. The van der Waals surface area contributed by atoms with Crippen LogP contribution in [0, 0.1) is 6.92 Å². The normalized spacial score (nSPS) is 11.9. The van der Waals surface area contributed by atoms with E-state index in [1.165, 1.54) is 0 Å². The number of hydrogen-bond donors (Lipinski definition) is 1. The van der Waals surface area contributed by atoms with E-state index in [2.05, 4.69) is 6.92 Å². The van der Waals surface area contributed by atoms with Crippen LogP contribution in [-0.2, 0) is 39.1 Å². The number of halogens is 1. The molecule has 0 bridgehead atoms. The number of aliphatic hydroxyl groups is 1. The van der Waals surface area contributed by atoms with Crippen LogP contribution in [0.15, 0.2) is 24.3 Å². The third-order valence-electron chi connectivity index (χ3n) is 1.38. The second kappa shape index (κ2) is 6.09. The minimum Gasteiger partial charge on any atom is -0.425 e. The third kappa shape index (κ3) is 4.56. The Bertz CT molecular complexity index is 220. The van der Waals surface area contributed by atoms with E-state index in [-0.39, 0.29) is 32.7 Å². The minimum absolute atomic E-state index is 0. The standard InChI is InChI=1S/C9H10ClO.Y/c1-7(11)6-8-2-4-9(10)5-3-8;/h2-5,7,11H,1,6H2;/q-1;+3. The van der Waals surface area contributed by atoms with Crippen molar-refractivity contribution in [3.05, 3.63) is 41.8 Å². The van der Waals surface area contributed by atoms with Gasteiger partial charge in [-0.3, -0.25) is 0 Å². The van der Waals surface area contributed by atoms with Crippen LogP contribution in [0.2, 0.25) is 5.02 Å². The summed E-state index contributed by atoms with van der Waals surface area (Å²) < 4.78 is 0. The Hall–Kier alpha value is 0.574. The zero-order valence-corrected chi connectivity index (χ0v) is 10.3. The summed E-state index contributed by atoms with van der Waals surface area (Å²) in [6, 6.07) is 7.38. The average Bonchev–Trinajstić information content (AvgIpc) is 1.93. The van der Waals surface area contributed by atoms with Gasteiger partial charge in [-0.15, -0.1) is 0 Å². The minimum atomic E-state index is -0.531. The van der Waals surface area contributed by atoms with E-state index >= 15 is 0 Å². The zero-order chi connectivity index (χ0) is 8.27. The first-order chi connectivity index (χ1) is 5.18. The molecular weight excluding hydrogens is 248 g/mol. The molecule has 1 nitrogen and oxygen atoms in total. The topological polar surface area (TPSA) is 20.2 Å². The van der Waals surface area contributed by atoms with Gasteiger partial charge in [-0.2, -0.15) is 0 Å². The van der Waals surface area contributed by atoms with E-state index in [9.17, 15) is 0 Å². The maximum absolute atomic E-state index is 8.93. The summed E-state index contributed by atoms with van der Waals surface area (Å²) in [5.74, 6) is 0. The second-order valence-corrected chi connectivity index (χ2v) is 2.92. The summed E-state index contributed by atoms with van der Waals surface area (Å²) in [5.41, 5.74) is 1.05. The predicted octanol–water partition coefficient (Wildman–Crippen LogP) is 2.07. The first-order valence-corrected chi connectivity index (χ1v) is 3.82. The van der Waals surface area contributed by atoms with Gasteiger partial charge in [0.15, 0.2) is 0 Å². The van der Waals surface area contributed by atoms with Crippen LogP contribution >= 0.6 is 11.6 Å². The van der Waals surface area contributed by atoms with Crippen molar-refractivity contribution < 1.29 is 37.8 Å². The fraction of sp³-hybridized carbons (Fsp3) is 0.222. The van der Waals surface area contributed by atoms with E-state index in [0.717, 1.165) is 5.56 Å². The molecule has 0 saturated heterocycles. The van der Waals surface area contributed by atoms with Crippen LogP contribution < -0.4 is 0 Å². The molecule has 1 atom stereocenters. The predicted molar refractivity (Wildman–Crippen MR) is 46.5 cm³/mol. The Morgan fingerprint density at radius 1 is 1.33 bits per heavy atom. The van der Waals surface area contributed by atoms with Gasteiger partial charge >= 0.3 is 32.7 Å². The van der Waals surface area contributed by atoms with Crippen molar-refractivity contribution in [1.29, 1.82) is 0 Å². The van der Waals surface area contributed by atoms with E-state index in [4.69, 9.17) is 16.7 Å². The summed E-state index contributed by atoms with van der Waals surface area (Å²) in [6.45, 7) is 3.48. The van der Waals surface area contributed by atoms with Crippen LogP contribution in [0.4, 0.5) is 0 Å². The first kappa shape index (κ1) is 12.6. The maximum atomic E-state index is 8.93. The van der Waals surface area contributed by atoms with E-state index < -0.39 is 6.10 Å². The molecule has 1 aromatic rings. The maximum Gasteiger partial charge on any atom is 3.00 e. The molecular formula is C9H10ClOY+2. The SMILES string of the molecule is [CH2-]C(O)Cc1ccc(Cl)cc1.[Y+3]. The van der Waals surface area contributed by atoms with Crippen LogP contribution in [0.5, 0.6) is 0 Å². The molecule has 60 valence electrons. The molecule has 1 aromatic carbocycles. The number of hydrogen-bond acceptors (Lipinski definition) is 1. The van der Waals surface area contributed by atoms with Gasteiger partial charge in [-0.05, 0) is 24.1 Å². The van der Waals surface area contributed by atoms with Crippen molar-refractivity contribution in [2.24, 2.45) is 0 Å². The molecule has 0 aliphatic heterocycles. The summed E-state index contributed by atoms with van der Waals surface area (Å²) in [4.78, 5) is 0. The Kier molecular flexibility index (Phi) is 6.38. The van der Waals surface area contributed by atoms with Gasteiger partial charge in [0.2, 0.25) is 0 Å². The number of benzene rings is 1. The fourth-order valence-corrected chi connectivity index (χ4v) is 1.02. The Morgan fingerprint density at radius 3 is 2.25 bits per heavy atom. The van der Waals surface area contributed by atoms with Crippen LogP contribution in [0.1, 0.15) is 5.56 Å². The zero-order valence-electron chi connectivity index (χ0n) is 6.70. The quantitative estimate of drug-likeness (QED) is 0.805. The van der Waals surface area contributed by atoms with Crippen LogP contribution in [-0.4, -0.2) is 11.2 Å². The molecule has 0 aliphatic rings. The first-order valence-electron chi connectivity index (χ1n) is 3.44. The van der Waals surface area contributed by atoms with Gasteiger partial charge in [0.1, 0.15) is 0 Å². The van der Waals surface area contributed by atoms with Crippen LogP contribution in [0.3, 0.4) is 0 Å². The summed E-state index contributed by atoms with van der Waals surface area (Å²) in [6.07, 6.45) is 0.0492. The monoisotopic (exact) mass is 258 g/mol. The summed E-state index contributed by atoms with van der Waals surface area (Å²) >= 11 is 5.67. The Labute approximate surface area is 103 Å².